The van der Waals surface area contributed by atoms with Crippen molar-refractivity contribution < 1.29 is 28.6 Å². The molecule has 194 valence electrons. The van der Waals surface area contributed by atoms with Gasteiger partial charge in [0.05, 0.1) is 6.61 Å². The fraction of sp³-hybridized carbons (Fsp3) is 0.750. The first-order valence-electron chi connectivity index (χ1n) is 13.0. The van der Waals surface area contributed by atoms with Gasteiger partial charge in [0.1, 0.15) is 11.9 Å². The van der Waals surface area contributed by atoms with Gasteiger partial charge in [-0.15, -0.1) is 0 Å². The Kier molecular flexibility index (Phi) is 13.8. The van der Waals surface area contributed by atoms with Gasteiger partial charge in [-0.3, -0.25) is 14.4 Å². The Balaban J connectivity index is 2.87. The third-order valence-corrected chi connectivity index (χ3v) is 6.44. The molecule has 2 atom stereocenters. The van der Waals surface area contributed by atoms with Crippen LogP contribution in [0.3, 0.4) is 0 Å². The third kappa shape index (κ3) is 11.3. The lowest BCUT2D eigenvalue weighted by molar-refractivity contribution is -0.148. The van der Waals surface area contributed by atoms with Gasteiger partial charge in [0, 0.05) is 31.6 Å². The maximum absolute atomic E-state index is 11.7. The van der Waals surface area contributed by atoms with Crippen LogP contribution in [0.15, 0.2) is 23.5 Å². The van der Waals surface area contributed by atoms with Gasteiger partial charge in [0.2, 0.25) is 0 Å². The summed E-state index contributed by atoms with van der Waals surface area (Å²) in [6.07, 6.45) is 13.9. The quantitative estimate of drug-likeness (QED) is 0.111. The number of allylic oxidation sites excluding steroid dienone is 3. The predicted octanol–water partition coefficient (Wildman–Crippen LogP) is 6.82. The van der Waals surface area contributed by atoms with Crippen LogP contribution in [0.5, 0.6) is 0 Å². The van der Waals surface area contributed by atoms with Crippen LogP contribution in [-0.4, -0.2) is 30.6 Å². The summed E-state index contributed by atoms with van der Waals surface area (Å²) >= 11 is 0. The van der Waals surface area contributed by atoms with Gasteiger partial charge < -0.3 is 14.2 Å². The van der Waals surface area contributed by atoms with Gasteiger partial charge in [-0.1, -0.05) is 64.5 Å². The standard InChI is InChI=1S/C28H46O6/c1-7-9-20-28(5,6)26(34-22(4)30)19-17-23-16-18-25(33-21(3)29)24(23)14-12-10-11-13-15-27(31)32-8-2/h17,19,24-25H,7-16,18,20H2,1-6H3/t24-,25-/m1/s1. The minimum absolute atomic E-state index is 0.109. The molecule has 0 bridgehead atoms. The van der Waals surface area contributed by atoms with Gasteiger partial charge in [0.25, 0.3) is 0 Å². The van der Waals surface area contributed by atoms with Crippen LogP contribution in [0.4, 0.5) is 0 Å². The maximum Gasteiger partial charge on any atom is 0.307 e. The molecule has 1 fully saturated rings. The zero-order valence-corrected chi connectivity index (χ0v) is 22.2. The van der Waals surface area contributed by atoms with Gasteiger partial charge >= 0.3 is 17.9 Å². The normalized spacial score (nSPS) is 19.8. The van der Waals surface area contributed by atoms with Crippen LogP contribution in [0, 0.1) is 11.3 Å². The number of carbonyl (C=O) groups is 3. The molecule has 0 aromatic heterocycles. The van der Waals surface area contributed by atoms with Crippen LogP contribution in [0.2, 0.25) is 0 Å². The molecule has 0 spiro atoms. The maximum atomic E-state index is 11.7. The Morgan fingerprint density at radius 2 is 1.71 bits per heavy atom. The highest BCUT2D eigenvalue weighted by atomic mass is 16.5. The first kappa shape index (κ1) is 29.9. The summed E-state index contributed by atoms with van der Waals surface area (Å²) in [5, 5.41) is 0. The molecule has 0 heterocycles. The molecule has 1 saturated carbocycles. The zero-order valence-electron chi connectivity index (χ0n) is 22.2. The lowest BCUT2D eigenvalue weighted by atomic mass is 9.84. The van der Waals surface area contributed by atoms with Crippen molar-refractivity contribution in [2.75, 3.05) is 6.61 Å². The largest absolute Gasteiger partial charge is 0.466 e. The van der Waals surface area contributed by atoms with E-state index in [9.17, 15) is 14.4 Å². The Hall–Kier alpha value is -2.11. The minimum atomic E-state index is -0.308. The molecule has 6 heteroatoms. The minimum Gasteiger partial charge on any atom is -0.466 e. The molecule has 1 aliphatic carbocycles. The Morgan fingerprint density at radius 1 is 1.00 bits per heavy atom. The van der Waals surface area contributed by atoms with Crippen LogP contribution in [0.1, 0.15) is 112 Å². The van der Waals surface area contributed by atoms with Gasteiger partial charge in [-0.25, -0.2) is 0 Å². The second-order valence-electron chi connectivity index (χ2n) is 9.90. The molecule has 1 aliphatic rings. The van der Waals surface area contributed by atoms with E-state index in [1.807, 2.05) is 13.0 Å². The van der Waals surface area contributed by atoms with E-state index in [4.69, 9.17) is 14.2 Å². The van der Waals surface area contributed by atoms with Crippen LogP contribution < -0.4 is 0 Å². The topological polar surface area (TPSA) is 78.9 Å². The van der Waals surface area contributed by atoms with E-state index >= 15 is 0 Å². The smallest absolute Gasteiger partial charge is 0.307 e. The summed E-state index contributed by atoms with van der Waals surface area (Å²) < 4.78 is 16.2. The van der Waals surface area contributed by atoms with Gasteiger partial charge in [0.15, 0.2) is 0 Å². The molecule has 0 radical (unpaired) electrons. The second kappa shape index (κ2) is 15.7. The number of esters is 3. The monoisotopic (exact) mass is 478 g/mol. The van der Waals surface area contributed by atoms with E-state index in [1.165, 1.54) is 19.4 Å². The van der Waals surface area contributed by atoms with Crippen molar-refractivity contribution in [3.63, 3.8) is 0 Å². The summed E-state index contributed by atoms with van der Waals surface area (Å²) in [6, 6.07) is 0. The van der Waals surface area contributed by atoms with E-state index in [0.717, 1.165) is 64.2 Å². The number of rotatable bonds is 15. The molecule has 0 N–H and O–H groups in total. The molecule has 1 rings (SSSR count). The highest BCUT2D eigenvalue weighted by Gasteiger charge is 2.33. The van der Waals surface area contributed by atoms with E-state index in [0.29, 0.717) is 18.8 Å². The summed E-state index contributed by atoms with van der Waals surface area (Å²) in [6.45, 7) is 11.5. The number of carbonyl (C=O) groups excluding carboxylic acids is 3. The van der Waals surface area contributed by atoms with Crippen LogP contribution in [0.25, 0.3) is 0 Å². The Morgan fingerprint density at radius 3 is 2.32 bits per heavy atom. The van der Waals surface area contributed by atoms with Crippen molar-refractivity contribution in [3.8, 4) is 0 Å². The van der Waals surface area contributed by atoms with Crippen molar-refractivity contribution in [1.29, 1.82) is 0 Å². The fourth-order valence-corrected chi connectivity index (χ4v) is 4.56. The number of unbranched alkanes of at least 4 members (excludes halogenated alkanes) is 4. The van der Waals surface area contributed by atoms with Crippen LogP contribution >= 0.6 is 0 Å². The van der Waals surface area contributed by atoms with Gasteiger partial charge in [-0.2, -0.15) is 0 Å². The summed E-state index contributed by atoms with van der Waals surface area (Å²) in [5.74, 6) is 0.174. The SMILES string of the molecule is CCCCC(C)(C)C(=CC=C1CC[C@@H](OC(C)=O)[C@@H]1CCCCCCC(=O)OCC)OC(C)=O. The van der Waals surface area contributed by atoms with E-state index in [1.54, 1.807) is 0 Å². The molecule has 0 saturated heterocycles. The molecule has 0 aromatic rings. The molecular weight excluding hydrogens is 432 g/mol. The van der Waals surface area contributed by atoms with Crippen molar-refractivity contribution in [2.24, 2.45) is 11.3 Å². The zero-order chi connectivity index (χ0) is 25.6. The van der Waals surface area contributed by atoms with Crippen LogP contribution in [-0.2, 0) is 28.6 Å². The number of hydrogen-bond acceptors (Lipinski definition) is 6. The summed E-state index contributed by atoms with van der Waals surface area (Å²) in [4.78, 5) is 34.9. The Bertz CT molecular complexity index is 718. The number of hydrogen-bond donors (Lipinski definition) is 0. The predicted molar refractivity (Wildman–Crippen MR) is 134 cm³/mol. The molecule has 6 nitrogen and oxygen atoms in total. The molecule has 0 amide bonds. The van der Waals surface area contributed by atoms with Crippen molar-refractivity contribution in [3.05, 3.63) is 23.5 Å². The third-order valence-electron chi connectivity index (χ3n) is 6.44. The molecule has 0 aliphatic heterocycles. The lowest BCUT2D eigenvalue weighted by Crippen LogP contribution is -2.21. The van der Waals surface area contributed by atoms with E-state index < -0.39 is 0 Å². The van der Waals surface area contributed by atoms with E-state index in [2.05, 4.69) is 26.8 Å². The highest BCUT2D eigenvalue weighted by molar-refractivity contribution is 5.69. The number of ether oxygens (including phenoxy) is 3. The first-order valence-corrected chi connectivity index (χ1v) is 13.0. The van der Waals surface area contributed by atoms with Crippen molar-refractivity contribution in [2.45, 2.75) is 118 Å². The highest BCUT2D eigenvalue weighted by Crippen LogP contribution is 2.39. The molecular formula is C28H46O6. The van der Waals surface area contributed by atoms with Crippen molar-refractivity contribution in [1.82, 2.24) is 0 Å². The average Bonchev–Trinajstić information content (AvgIpc) is 3.12. The second-order valence-corrected chi connectivity index (χ2v) is 9.90. The molecule has 0 aromatic carbocycles. The fourth-order valence-electron chi connectivity index (χ4n) is 4.56. The van der Waals surface area contributed by atoms with E-state index in [-0.39, 0.29) is 35.3 Å². The van der Waals surface area contributed by atoms with Gasteiger partial charge in [-0.05, 0) is 45.1 Å². The average molecular weight is 479 g/mol. The lowest BCUT2D eigenvalue weighted by Gasteiger charge is -2.27. The van der Waals surface area contributed by atoms with Crippen molar-refractivity contribution >= 4 is 17.9 Å². The molecule has 0 unspecified atom stereocenters. The summed E-state index contributed by atoms with van der Waals surface area (Å²) in [7, 11) is 0. The Labute approximate surface area is 206 Å². The first-order chi connectivity index (χ1) is 16.1. The summed E-state index contributed by atoms with van der Waals surface area (Å²) in [5.41, 5.74) is 1.01. The molecule has 34 heavy (non-hydrogen) atoms.